The number of hydrogen-bond donors (Lipinski definition) is 0. The topological polar surface area (TPSA) is 21.1 Å². The van der Waals surface area contributed by atoms with Crippen molar-refractivity contribution in [1.82, 2.24) is 9.55 Å². The van der Waals surface area contributed by atoms with Gasteiger partial charge in [0, 0.05) is 35.9 Å². The minimum atomic E-state index is 0.656. The Labute approximate surface area is 184 Å². The molecule has 0 spiro atoms. The molecule has 0 saturated heterocycles. The van der Waals surface area contributed by atoms with Crippen molar-refractivity contribution in [3.8, 4) is 0 Å². The van der Waals surface area contributed by atoms with Crippen molar-refractivity contribution < 1.29 is 0 Å². The van der Waals surface area contributed by atoms with Crippen molar-refractivity contribution in [1.29, 1.82) is 0 Å². The summed E-state index contributed by atoms with van der Waals surface area (Å²) in [6.07, 6.45) is 4.64. The monoisotopic (exact) mass is 407 g/mol. The molecular formula is C28H29N3. The van der Waals surface area contributed by atoms with Gasteiger partial charge in [0.1, 0.15) is 5.82 Å². The minimum Gasteiger partial charge on any atom is -0.351 e. The first kappa shape index (κ1) is 18.7. The van der Waals surface area contributed by atoms with Gasteiger partial charge in [-0.15, -0.1) is 0 Å². The number of rotatable bonds is 4. The highest BCUT2D eigenvalue weighted by Crippen LogP contribution is 2.44. The number of nitrogens with zero attached hydrogens (tertiary/aromatic N) is 3. The van der Waals surface area contributed by atoms with Crippen LogP contribution in [0.5, 0.6) is 0 Å². The summed E-state index contributed by atoms with van der Waals surface area (Å²) < 4.78 is 2.61. The Hall–Kier alpha value is -3.07. The minimum absolute atomic E-state index is 0.656. The second-order valence-corrected chi connectivity index (χ2v) is 9.25. The Morgan fingerprint density at radius 3 is 2.45 bits per heavy atom. The molecule has 0 unspecified atom stereocenters. The van der Waals surface area contributed by atoms with Crippen LogP contribution in [0, 0.1) is 13.8 Å². The summed E-state index contributed by atoms with van der Waals surface area (Å²) in [4.78, 5) is 7.66. The molecule has 0 atom stereocenters. The Kier molecular flexibility index (Phi) is 4.38. The molecule has 3 nitrogen and oxygen atoms in total. The van der Waals surface area contributed by atoms with Crippen molar-refractivity contribution in [2.75, 3.05) is 11.4 Å². The van der Waals surface area contributed by atoms with Gasteiger partial charge >= 0.3 is 0 Å². The van der Waals surface area contributed by atoms with E-state index >= 15 is 0 Å². The number of fused-ring (bicyclic) bond motifs is 2. The summed E-state index contributed by atoms with van der Waals surface area (Å²) in [6, 6.07) is 22.7. The average molecular weight is 408 g/mol. The van der Waals surface area contributed by atoms with Crippen molar-refractivity contribution in [2.24, 2.45) is 0 Å². The van der Waals surface area contributed by atoms with E-state index in [-0.39, 0.29) is 0 Å². The molecule has 2 aromatic heterocycles. The zero-order valence-corrected chi connectivity index (χ0v) is 18.4. The molecule has 6 rings (SSSR count). The van der Waals surface area contributed by atoms with Gasteiger partial charge in [-0.2, -0.15) is 0 Å². The van der Waals surface area contributed by atoms with Gasteiger partial charge in [-0.3, -0.25) is 0 Å². The summed E-state index contributed by atoms with van der Waals surface area (Å²) in [5, 5.41) is 1.37. The van der Waals surface area contributed by atoms with Crippen molar-refractivity contribution in [2.45, 2.75) is 52.1 Å². The lowest BCUT2D eigenvalue weighted by molar-refractivity contribution is 0.722. The average Bonchev–Trinajstić information content (AvgIpc) is 3.59. The molecule has 31 heavy (non-hydrogen) atoms. The number of hydrogen-bond acceptors (Lipinski definition) is 2. The number of aryl methyl sites for hydroxylation is 1. The quantitative estimate of drug-likeness (QED) is 0.405. The number of pyridine rings is 1. The van der Waals surface area contributed by atoms with Crippen LogP contribution in [0.2, 0.25) is 0 Å². The fourth-order valence-corrected chi connectivity index (χ4v) is 5.35. The van der Waals surface area contributed by atoms with Crippen LogP contribution in [0.1, 0.15) is 52.5 Å². The van der Waals surface area contributed by atoms with Gasteiger partial charge in [0.2, 0.25) is 0 Å². The normalized spacial score (nSPS) is 16.0. The van der Waals surface area contributed by atoms with Crippen LogP contribution in [-0.4, -0.2) is 16.1 Å². The Balaban J connectivity index is 1.54. The van der Waals surface area contributed by atoms with E-state index in [4.69, 9.17) is 4.98 Å². The SMILES string of the molecule is Cc1cc2c(c(N3CCc4ccccc4C3)n1)c(Cc1ccccc1)c(C)n2C1CC1. The molecule has 1 aliphatic carbocycles. The standard InChI is InChI=1S/C28H29N3/c1-19-16-26-27(28(29-19)30-15-14-22-10-6-7-11-23(22)18-30)25(17-21-8-4-3-5-9-21)20(2)31(26)24-12-13-24/h3-11,16,24H,12-15,17-18H2,1-2H3. The molecular weight excluding hydrogens is 378 g/mol. The van der Waals surface area contributed by atoms with Gasteiger partial charge in [0.15, 0.2) is 0 Å². The van der Waals surface area contributed by atoms with Crippen LogP contribution >= 0.6 is 0 Å². The summed E-state index contributed by atoms with van der Waals surface area (Å²) in [5.41, 5.74) is 9.67. The van der Waals surface area contributed by atoms with E-state index in [1.165, 1.54) is 57.5 Å². The highest BCUT2D eigenvalue weighted by molar-refractivity contribution is 5.96. The van der Waals surface area contributed by atoms with Gasteiger partial charge in [-0.25, -0.2) is 4.98 Å². The second-order valence-electron chi connectivity index (χ2n) is 9.25. The van der Waals surface area contributed by atoms with Crippen molar-refractivity contribution in [3.63, 3.8) is 0 Å². The highest BCUT2D eigenvalue weighted by atomic mass is 15.2. The van der Waals surface area contributed by atoms with E-state index in [0.29, 0.717) is 6.04 Å². The lowest BCUT2D eigenvalue weighted by Gasteiger charge is -2.31. The maximum absolute atomic E-state index is 5.15. The number of aromatic nitrogens is 2. The summed E-state index contributed by atoms with van der Waals surface area (Å²) in [5.74, 6) is 1.18. The van der Waals surface area contributed by atoms with Gasteiger partial charge in [0.25, 0.3) is 0 Å². The maximum atomic E-state index is 5.15. The largest absolute Gasteiger partial charge is 0.351 e. The molecule has 0 N–H and O–H groups in total. The summed E-state index contributed by atoms with van der Waals surface area (Å²) >= 11 is 0. The van der Waals surface area contributed by atoms with Crippen LogP contribution in [0.15, 0.2) is 60.7 Å². The van der Waals surface area contributed by atoms with E-state index in [1.54, 1.807) is 0 Å². The highest BCUT2D eigenvalue weighted by Gasteiger charge is 2.31. The van der Waals surface area contributed by atoms with Crippen molar-refractivity contribution >= 4 is 16.7 Å². The van der Waals surface area contributed by atoms with E-state index in [9.17, 15) is 0 Å². The lowest BCUT2D eigenvalue weighted by Crippen LogP contribution is -2.31. The van der Waals surface area contributed by atoms with Gasteiger partial charge < -0.3 is 9.47 Å². The molecule has 4 aromatic rings. The van der Waals surface area contributed by atoms with Gasteiger partial charge in [-0.1, -0.05) is 54.6 Å². The molecule has 2 aliphatic rings. The third kappa shape index (κ3) is 3.23. The van der Waals surface area contributed by atoms with E-state index in [2.05, 4.69) is 84.0 Å². The molecule has 1 saturated carbocycles. The van der Waals surface area contributed by atoms with E-state index in [1.807, 2.05) is 0 Å². The molecule has 2 aromatic carbocycles. The lowest BCUT2D eigenvalue weighted by atomic mass is 9.98. The zero-order valence-electron chi connectivity index (χ0n) is 18.4. The maximum Gasteiger partial charge on any atom is 0.138 e. The number of anilines is 1. The molecule has 156 valence electrons. The fourth-order valence-electron chi connectivity index (χ4n) is 5.35. The number of benzene rings is 2. The fraction of sp³-hybridized carbons (Fsp3) is 0.321. The van der Waals surface area contributed by atoms with Crippen molar-refractivity contribution in [3.05, 3.63) is 94.3 Å². The van der Waals surface area contributed by atoms with Crippen LogP contribution < -0.4 is 4.90 Å². The van der Waals surface area contributed by atoms with Crippen LogP contribution in [-0.2, 0) is 19.4 Å². The third-order valence-electron chi connectivity index (χ3n) is 7.03. The van der Waals surface area contributed by atoms with E-state index in [0.717, 1.165) is 31.6 Å². The Morgan fingerprint density at radius 2 is 1.68 bits per heavy atom. The molecule has 0 radical (unpaired) electrons. The van der Waals surface area contributed by atoms with E-state index < -0.39 is 0 Å². The summed E-state index contributed by atoms with van der Waals surface area (Å²) in [6.45, 7) is 6.44. The molecule has 0 amide bonds. The molecule has 1 aliphatic heterocycles. The predicted molar refractivity (Wildman–Crippen MR) is 128 cm³/mol. The molecule has 0 bridgehead atoms. The molecule has 3 heteroatoms. The Morgan fingerprint density at radius 1 is 0.935 bits per heavy atom. The smallest absolute Gasteiger partial charge is 0.138 e. The first-order chi connectivity index (χ1) is 15.2. The Bertz CT molecular complexity index is 1260. The molecule has 3 heterocycles. The zero-order chi connectivity index (χ0) is 20.9. The first-order valence-corrected chi connectivity index (χ1v) is 11.6. The second kappa shape index (κ2) is 7.26. The van der Waals surface area contributed by atoms with Crippen LogP contribution in [0.4, 0.5) is 5.82 Å². The first-order valence-electron chi connectivity index (χ1n) is 11.6. The van der Waals surface area contributed by atoms with Gasteiger partial charge in [0.05, 0.1) is 5.52 Å². The van der Waals surface area contributed by atoms with Gasteiger partial charge in [-0.05, 0) is 67.9 Å². The van der Waals surface area contributed by atoms with Crippen LogP contribution in [0.3, 0.4) is 0 Å². The summed E-state index contributed by atoms with van der Waals surface area (Å²) in [7, 11) is 0. The van der Waals surface area contributed by atoms with Crippen LogP contribution in [0.25, 0.3) is 10.9 Å². The third-order valence-corrected chi connectivity index (χ3v) is 7.03. The predicted octanol–water partition coefficient (Wildman–Crippen LogP) is 6.14. The molecule has 1 fully saturated rings.